The van der Waals surface area contributed by atoms with Crippen molar-refractivity contribution in [1.82, 2.24) is 9.80 Å². The highest BCUT2D eigenvalue weighted by Crippen LogP contribution is 2.25. The fraction of sp³-hybridized carbons (Fsp3) is 0.636. The molecule has 0 aromatic heterocycles. The molecule has 5 heteroatoms. The molecule has 2 fully saturated rings. The molecule has 0 N–H and O–H groups in total. The van der Waals surface area contributed by atoms with Gasteiger partial charge in [0.2, 0.25) is 0 Å². The van der Waals surface area contributed by atoms with Gasteiger partial charge in [-0.25, -0.2) is 0 Å². The lowest BCUT2D eigenvalue weighted by molar-refractivity contribution is -0.118. The van der Waals surface area contributed by atoms with Crippen molar-refractivity contribution in [2.45, 2.75) is 33.1 Å². The zero-order chi connectivity index (χ0) is 19.2. The standard InChI is InChI=1S/C22H32N4O/c1-18-4-3-5-22(21(18)16-23)26-14-12-24(13-15-26)9-6-20-7-10-25(11-8-20)17-19(2)27/h3-5,20H,6-15,17H2,1-2H3. The van der Waals surface area contributed by atoms with Gasteiger partial charge < -0.3 is 4.90 Å². The van der Waals surface area contributed by atoms with Crippen LogP contribution in [0.4, 0.5) is 5.69 Å². The Balaban J connectivity index is 1.41. The second-order valence-electron chi connectivity index (χ2n) is 8.12. The van der Waals surface area contributed by atoms with Crippen LogP contribution in [-0.2, 0) is 4.79 Å². The lowest BCUT2D eigenvalue weighted by atomic mass is 9.93. The topological polar surface area (TPSA) is 50.6 Å². The smallest absolute Gasteiger partial charge is 0.143 e. The van der Waals surface area contributed by atoms with E-state index in [4.69, 9.17) is 0 Å². The van der Waals surface area contributed by atoms with E-state index in [1.807, 2.05) is 13.0 Å². The number of likely N-dealkylation sites (tertiary alicyclic amines) is 1. The van der Waals surface area contributed by atoms with Crippen molar-refractivity contribution in [2.75, 3.05) is 57.3 Å². The first-order valence-electron chi connectivity index (χ1n) is 10.3. The normalized spacial score (nSPS) is 19.8. The molecule has 146 valence electrons. The van der Waals surface area contributed by atoms with Crippen molar-refractivity contribution in [3.05, 3.63) is 29.3 Å². The maximum absolute atomic E-state index is 11.2. The minimum atomic E-state index is 0.277. The first-order chi connectivity index (χ1) is 13.1. The molecule has 0 aliphatic carbocycles. The van der Waals surface area contributed by atoms with E-state index in [1.54, 1.807) is 6.92 Å². The number of nitriles is 1. The van der Waals surface area contributed by atoms with Crippen molar-refractivity contribution < 1.29 is 4.79 Å². The predicted molar refractivity (Wildman–Crippen MR) is 109 cm³/mol. The molecular weight excluding hydrogens is 336 g/mol. The molecule has 0 spiro atoms. The van der Waals surface area contributed by atoms with Gasteiger partial charge in [-0.2, -0.15) is 5.26 Å². The van der Waals surface area contributed by atoms with Gasteiger partial charge in [0, 0.05) is 26.2 Å². The van der Waals surface area contributed by atoms with E-state index in [9.17, 15) is 10.1 Å². The molecule has 0 amide bonds. The van der Waals surface area contributed by atoms with Gasteiger partial charge in [0.25, 0.3) is 0 Å². The summed E-state index contributed by atoms with van der Waals surface area (Å²) in [6.45, 7) is 11.8. The van der Waals surface area contributed by atoms with Crippen LogP contribution in [-0.4, -0.2) is 67.9 Å². The molecule has 1 aromatic carbocycles. The average Bonchev–Trinajstić information content (AvgIpc) is 2.67. The maximum Gasteiger partial charge on any atom is 0.143 e. The monoisotopic (exact) mass is 368 g/mol. The minimum Gasteiger partial charge on any atom is -0.368 e. The van der Waals surface area contributed by atoms with Crippen LogP contribution >= 0.6 is 0 Å². The maximum atomic E-state index is 11.2. The lowest BCUT2D eigenvalue weighted by Gasteiger charge is -2.38. The molecule has 2 aliphatic rings. The number of benzene rings is 1. The van der Waals surface area contributed by atoms with Crippen LogP contribution in [0, 0.1) is 24.2 Å². The first-order valence-corrected chi connectivity index (χ1v) is 10.3. The summed E-state index contributed by atoms with van der Waals surface area (Å²) in [6, 6.07) is 8.52. The number of aryl methyl sites for hydroxylation is 1. The number of anilines is 1. The van der Waals surface area contributed by atoms with Crippen LogP contribution in [0.25, 0.3) is 0 Å². The molecular formula is C22H32N4O. The minimum absolute atomic E-state index is 0.277. The number of piperidine rings is 1. The number of rotatable bonds is 6. The number of ketones is 1. The van der Waals surface area contributed by atoms with Gasteiger partial charge in [-0.3, -0.25) is 14.6 Å². The summed E-state index contributed by atoms with van der Waals surface area (Å²) in [5, 5.41) is 9.47. The summed E-state index contributed by atoms with van der Waals surface area (Å²) >= 11 is 0. The second kappa shape index (κ2) is 9.34. The third kappa shape index (κ3) is 5.31. The van der Waals surface area contributed by atoms with Crippen molar-refractivity contribution in [3.63, 3.8) is 0 Å². The van der Waals surface area contributed by atoms with E-state index >= 15 is 0 Å². The molecule has 1 aromatic rings. The molecule has 2 saturated heterocycles. The number of Topliss-reactive ketones (excluding diaryl/α,β-unsaturated/α-hetero) is 1. The molecule has 2 aliphatic heterocycles. The SMILES string of the molecule is CC(=O)CN1CCC(CCN2CCN(c3cccc(C)c3C#N)CC2)CC1. The van der Waals surface area contributed by atoms with E-state index in [0.29, 0.717) is 6.54 Å². The molecule has 2 heterocycles. The molecule has 3 rings (SSSR count). The molecule has 0 radical (unpaired) electrons. The predicted octanol–water partition coefficient (Wildman–Crippen LogP) is 2.68. The van der Waals surface area contributed by atoms with Gasteiger partial charge in [0.05, 0.1) is 17.8 Å². The Kier molecular flexibility index (Phi) is 6.87. The Labute approximate surface area is 163 Å². The van der Waals surface area contributed by atoms with Gasteiger partial charge in [0.1, 0.15) is 11.9 Å². The molecule has 0 atom stereocenters. The third-order valence-electron chi connectivity index (χ3n) is 6.08. The Morgan fingerprint density at radius 2 is 1.81 bits per heavy atom. The highest BCUT2D eigenvalue weighted by molar-refractivity contribution is 5.77. The highest BCUT2D eigenvalue weighted by Gasteiger charge is 2.23. The van der Waals surface area contributed by atoms with Gasteiger partial charge >= 0.3 is 0 Å². The zero-order valence-electron chi connectivity index (χ0n) is 16.8. The van der Waals surface area contributed by atoms with E-state index in [1.165, 1.54) is 25.8 Å². The summed E-state index contributed by atoms with van der Waals surface area (Å²) in [5.74, 6) is 1.08. The van der Waals surface area contributed by atoms with Crippen LogP contribution in [0.2, 0.25) is 0 Å². The zero-order valence-corrected chi connectivity index (χ0v) is 16.8. The number of nitrogens with zero attached hydrogens (tertiary/aromatic N) is 4. The van der Waals surface area contributed by atoms with Gasteiger partial charge in [-0.05, 0) is 70.3 Å². The number of hydrogen-bond acceptors (Lipinski definition) is 5. The summed E-state index contributed by atoms with van der Waals surface area (Å²) in [4.78, 5) is 18.5. The summed E-state index contributed by atoms with van der Waals surface area (Å²) in [6.07, 6.45) is 3.71. The van der Waals surface area contributed by atoms with Crippen molar-refractivity contribution in [3.8, 4) is 6.07 Å². The summed E-state index contributed by atoms with van der Waals surface area (Å²) in [5.41, 5.74) is 2.98. The largest absolute Gasteiger partial charge is 0.368 e. The number of piperazine rings is 1. The van der Waals surface area contributed by atoms with Crippen LogP contribution in [0.5, 0.6) is 0 Å². The van der Waals surface area contributed by atoms with E-state index < -0.39 is 0 Å². The van der Waals surface area contributed by atoms with Crippen LogP contribution in [0.1, 0.15) is 37.3 Å². The molecule has 0 bridgehead atoms. The molecule has 0 unspecified atom stereocenters. The quantitative estimate of drug-likeness (QED) is 0.773. The number of hydrogen-bond donors (Lipinski definition) is 0. The Hall–Kier alpha value is -1.90. The lowest BCUT2D eigenvalue weighted by Crippen LogP contribution is -2.47. The van der Waals surface area contributed by atoms with E-state index in [2.05, 4.69) is 32.9 Å². The Morgan fingerprint density at radius 3 is 2.44 bits per heavy atom. The van der Waals surface area contributed by atoms with E-state index in [-0.39, 0.29) is 5.78 Å². The average molecular weight is 369 g/mol. The van der Waals surface area contributed by atoms with Crippen molar-refractivity contribution in [1.29, 1.82) is 5.26 Å². The fourth-order valence-corrected chi connectivity index (χ4v) is 4.39. The van der Waals surface area contributed by atoms with Gasteiger partial charge in [0.15, 0.2) is 0 Å². The van der Waals surface area contributed by atoms with Crippen molar-refractivity contribution >= 4 is 11.5 Å². The molecule has 0 saturated carbocycles. The van der Waals surface area contributed by atoms with Crippen LogP contribution < -0.4 is 4.90 Å². The van der Waals surface area contributed by atoms with Crippen molar-refractivity contribution in [2.24, 2.45) is 5.92 Å². The first kappa shape index (κ1) is 19.9. The number of carbonyl (C=O) groups is 1. The molecule has 27 heavy (non-hydrogen) atoms. The Bertz CT molecular complexity index is 680. The van der Waals surface area contributed by atoms with E-state index in [0.717, 1.165) is 62.0 Å². The van der Waals surface area contributed by atoms with Crippen LogP contribution in [0.15, 0.2) is 18.2 Å². The van der Waals surface area contributed by atoms with Crippen LogP contribution in [0.3, 0.4) is 0 Å². The van der Waals surface area contributed by atoms with Gasteiger partial charge in [-0.1, -0.05) is 12.1 Å². The summed E-state index contributed by atoms with van der Waals surface area (Å²) in [7, 11) is 0. The second-order valence-corrected chi connectivity index (χ2v) is 8.12. The fourth-order valence-electron chi connectivity index (χ4n) is 4.39. The summed E-state index contributed by atoms with van der Waals surface area (Å²) < 4.78 is 0. The van der Waals surface area contributed by atoms with Gasteiger partial charge in [-0.15, -0.1) is 0 Å². The Morgan fingerprint density at radius 1 is 1.11 bits per heavy atom. The third-order valence-corrected chi connectivity index (χ3v) is 6.08. The molecule has 5 nitrogen and oxygen atoms in total. The highest BCUT2D eigenvalue weighted by atomic mass is 16.1. The number of carbonyl (C=O) groups excluding carboxylic acids is 1.